The van der Waals surface area contributed by atoms with Gasteiger partial charge < -0.3 is 18.2 Å². The lowest BCUT2D eigenvalue weighted by Crippen LogP contribution is -2.38. The number of hydrogen-bond donors (Lipinski definition) is 0. The molecule has 0 aliphatic carbocycles. The van der Waals surface area contributed by atoms with Crippen molar-refractivity contribution < 1.29 is 32.8 Å². The third kappa shape index (κ3) is 10.2. The molecule has 0 radical (unpaired) electrons. The zero-order valence-corrected chi connectivity index (χ0v) is 36.2. The second kappa shape index (κ2) is 21.3. The molecule has 0 aliphatic heterocycles. The van der Waals surface area contributed by atoms with Crippen LogP contribution in [0.3, 0.4) is 0 Å². The number of rotatable bonds is 18. The van der Waals surface area contributed by atoms with Gasteiger partial charge in [-0.1, -0.05) is 72.8 Å². The Morgan fingerprint density at radius 1 is 0.485 bits per heavy atom. The van der Waals surface area contributed by atoms with Gasteiger partial charge in [-0.15, -0.1) is 0 Å². The predicted molar refractivity (Wildman–Crippen MR) is 247 cm³/mol. The smallest absolute Gasteiger partial charge is 0.417 e. The summed E-state index contributed by atoms with van der Waals surface area (Å²) in [6.45, 7) is 0.989. The van der Waals surface area contributed by atoms with E-state index < -0.39 is 31.9 Å². The highest BCUT2D eigenvalue weighted by Crippen LogP contribution is 2.28. The summed E-state index contributed by atoms with van der Waals surface area (Å²) < 4.78 is 26.5. The van der Waals surface area contributed by atoms with Gasteiger partial charge in [0.15, 0.2) is 34.0 Å². The molecule has 330 valence electrons. The molecule has 4 amide bonds. The van der Waals surface area contributed by atoms with E-state index in [0.29, 0.717) is 83.4 Å². The van der Waals surface area contributed by atoms with Crippen molar-refractivity contribution >= 4 is 65.8 Å². The standard InChI is InChI=1S/C48H41N10O7P/c59-45(35-19-7-1-8-20-35)57(46(60)36-21-9-2-10-22-36)43-39-41(49-31-51-43)55(33-53-39)27-15-5-17-29-64-66(63)65-30-18-6-16-28-56-34-54-40-42(56)50-32-52-44(40)58(47(61)37-23-11-3-12-24-37)48(62)38-25-13-4-14-26-38/h1-4,7-14,17-26,29-34,66H,5-6,15-16,27-28H2. The zero-order chi connectivity index (χ0) is 45.7. The maximum Gasteiger partial charge on any atom is 0.417 e. The van der Waals surface area contributed by atoms with Crippen LogP contribution in [0.1, 0.15) is 67.1 Å². The number of allylic oxidation sites excluding steroid dienone is 2. The SMILES string of the molecule is O=C(c1ccccc1)N(C(=O)c1ccccc1)c1ncnc2c1ncn2CCCC=CO[PH](=O)OC=CCCCn1cnc2c(N(C(=O)c3ccccc3)C(=O)c3ccccc3)ncnc21. The van der Waals surface area contributed by atoms with Gasteiger partial charge in [-0.25, -0.2) is 44.3 Å². The van der Waals surface area contributed by atoms with Gasteiger partial charge in [-0.2, -0.15) is 0 Å². The van der Waals surface area contributed by atoms with E-state index in [-0.39, 0.29) is 11.6 Å². The highest BCUT2D eigenvalue weighted by molar-refractivity contribution is 7.33. The van der Waals surface area contributed by atoms with Gasteiger partial charge in [0.1, 0.15) is 12.7 Å². The number of imidazole rings is 2. The first-order chi connectivity index (χ1) is 32.4. The lowest BCUT2D eigenvalue weighted by atomic mass is 10.1. The Bertz CT molecular complexity index is 2750. The monoisotopic (exact) mass is 900 g/mol. The molecule has 0 aliphatic rings. The molecule has 18 heteroatoms. The predicted octanol–water partition coefficient (Wildman–Crippen LogP) is 8.65. The van der Waals surface area contributed by atoms with Crippen molar-refractivity contribution in [2.45, 2.75) is 38.8 Å². The largest absolute Gasteiger partial charge is 0.426 e. The van der Waals surface area contributed by atoms with Crippen molar-refractivity contribution in [2.75, 3.05) is 9.80 Å². The fourth-order valence-corrected chi connectivity index (χ4v) is 7.40. The Morgan fingerprint density at radius 2 is 0.818 bits per heavy atom. The Balaban J connectivity index is 0.814. The van der Waals surface area contributed by atoms with Gasteiger partial charge in [0, 0.05) is 35.3 Å². The topological polar surface area (TPSA) is 197 Å². The number of aromatic nitrogens is 8. The van der Waals surface area contributed by atoms with Crippen molar-refractivity contribution in [1.82, 2.24) is 39.0 Å². The van der Waals surface area contributed by atoms with Gasteiger partial charge in [-0.05, 0) is 86.4 Å². The van der Waals surface area contributed by atoms with Crippen molar-refractivity contribution in [2.24, 2.45) is 0 Å². The molecule has 0 saturated heterocycles. The summed E-state index contributed by atoms with van der Waals surface area (Å²) in [6.07, 6.45) is 14.3. The Kier molecular flexibility index (Phi) is 14.3. The highest BCUT2D eigenvalue weighted by Gasteiger charge is 2.31. The van der Waals surface area contributed by atoms with Gasteiger partial charge >= 0.3 is 8.25 Å². The van der Waals surface area contributed by atoms with Crippen LogP contribution in [-0.2, 0) is 26.7 Å². The molecule has 0 saturated carbocycles. The average molecular weight is 901 g/mol. The molecule has 66 heavy (non-hydrogen) atoms. The summed E-state index contributed by atoms with van der Waals surface area (Å²) in [6, 6.07) is 34.0. The zero-order valence-electron chi connectivity index (χ0n) is 35.2. The van der Waals surface area contributed by atoms with Crippen LogP contribution in [0.4, 0.5) is 11.6 Å². The lowest BCUT2D eigenvalue weighted by molar-refractivity contribution is 0.0881. The highest BCUT2D eigenvalue weighted by atomic mass is 31.1. The normalized spacial score (nSPS) is 11.8. The number of anilines is 2. The molecule has 0 spiro atoms. The fourth-order valence-electron chi connectivity index (χ4n) is 6.93. The minimum atomic E-state index is -2.85. The van der Waals surface area contributed by atoms with E-state index in [1.807, 2.05) is 9.13 Å². The summed E-state index contributed by atoms with van der Waals surface area (Å²) in [7, 11) is -2.85. The molecular formula is C48H41N10O7P. The van der Waals surface area contributed by atoms with E-state index in [1.165, 1.54) is 25.2 Å². The number of fused-ring (bicyclic) bond motifs is 2. The molecule has 0 unspecified atom stereocenters. The number of aryl methyl sites for hydroxylation is 2. The summed E-state index contributed by atoms with van der Waals surface area (Å²) in [5.41, 5.74) is 2.77. The van der Waals surface area contributed by atoms with Crippen LogP contribution >= 0.6 is 8.25 Å². The van der Waals surface area contributed by atoms with E-state index in [1.54, 1.807) is 146 Å². The number of nitrogens with zero attached hydrogens (tertiary/aromatic N) is 10. The first kappa shape index (κ1) is 44.2. The van der Waals surface area contributed by atoms with E-state index in [9.17, 15) is 23.7 Å². The second-order valence-electron chi connectivity index (χ2n) is 14.5. The quantitative estimate of drug-likeness (QED) is 0.0344. The van der Waals surface area contributed by atoms with Crippen molar-refractivity contribution in [1.29, 1.82) is 0 Å². The van der Waals surface area contributed by atoms with Crippen molar-refractivity contribution in [3.05, 3.63) is 194 Å². The summed E-state index contributed by atoms with van der Waals surface area (Å²) in [5, 5.41) is 0. The average Bonchev–Trinajstić information content (AvgIpc) is 3.99. The van der Waals surface area contributed by atoms with Crippen LogP contribution in [0.2, 0.25) is 0 Å². The van der Waals surface area contributed by atoms with E-state index in [2.05, 4.69) is 29.9 Å². The number of amides is 4. The summed E-state index contributed by atoms with van der Waals surface area (Å²) in [5.74, 6) is -2.03. The molecule has 8 rings (SSSR count). The molecule has 4 aromatic heterocycles. The number of carbonyl (C=O) groups is 4. The van der Waals surface area contributed by atoms with Gasteiger partial charge in [0.05, 0.1) is 25.2 Å². The van der Waals surface area contributed by atoms with E-state index in [0.717, 1.165) is 9.80 Å². The molecule has 0 N–H and O–H groups in total. The van der Waals surface area contributed by atoms with E-state index in [4.69, 9.17) is 9.05 Å². The first-order valence-corrected chi connectivity index (χ1v) is 22.1. The van der Waals surface area contributed by atoms with Crippen LogP contribution in [0.15, 0.2) is 171 Å². The van der Waals surface area contributed by atoms with Gasteiger partial charge in [0.2, 0.25) is 0 Å². The molecular weight excluding hydrogens is 860 g/mol. The maximum absolute atomic E-state index is 13.8. The lowest BCUT2D eigenvalue weighted by Gasteiger charge is -2.20. The van der Waals surface area contributed by atoms with Crippen molar-refractivity contribution in [3.63, 3.8) is 0 Å². The molecule has 4 heterocycles. The Morgan fingerprint density at radius 3 is 1.15 bits per heavy atom. The number of imide groups is 2. The van der Waals surface area contributed by atoms with Crippen LogP contribution < -0.4 is 9.80 Å². The van der Waals surface area contributed by atoms with Gasteiger partial charge in [0.25, 0.3) is 23.6 Å². The number of benzene rings is 4. The van der Waals surface area contributed by atoms with Gasteiger partial charge in [-0.3, -0.25) is 19.2 Å². The minimum Gasteiger partial charge on any atom is -0.426 e. The third-order valence-electron chi connectivity index (χ3n) is 10.1. The minimum absolute atomic E-state index is 0.0745. The summed E-state index contributed by atoms with van der Waals surface area (Å²) >= 11 is 0. The van der Waals surface area contributed by atoms with Crippen LogP contribution in [0, 0.1) is 0 Å². The van der Waals surface area contributed by atoms with Crippen LogP contribution in [0.5, 0.6) is 0 Å². The second-order valence-corrected chi connectivity index (χ2v) is 15.5. The summed E-state index contributed by atoms with van der Waals surface area (Å²) in [4.78, 5) is 83.6. The Labute approximate surface area is 378 Å². The number of hydrogen-bond acceptors (Lipinski definition) is 13. The van der Waals surface area contributed by atoms with Crippen LogP contribution in [0.25, 0.3) is 22.3 Å². The molecule has 17 nitrogen and oxygen atoms in total. The molecule has 0 atom stereocenters. The molecule has 8 aromatic rings. The Hall–Kier alpha value is -8.43. The fraction of sp³-hybridized carbons (Fsp3) is 0.125. The molecule has 0 fully saturated rings. The van der Waals surface area contributed by atoms with Crippen LogP contribution in [-0.4, -0.2) is 62.7 Å². The number of unbranched alkanes of at least 4 members (excludes halogenated alkanes) is 2. The molecule has 0 bridgehead atoms. The van der Waals surface area contributed by atoms with Crippen molar-refractivity contribution in [3.8, 4) is 0 Å². The number of carbonyl (C=O) groups excluding carboxylic acids is 4. The van der Waals surface area contributed by atoms with E-state index >= 15 is 0 Å². The maximum atomic E-state index is 13.8. The molecule has 4 aromatic carbocycles. The third-order valence-corrected chi connectivity index (χ3v) is 10.8. The first-order valence-electron chi connectivity index (χ1n) is 20.9.